The number of fused-ring (bicyclic) bond motifs is 1. The molecule has 0 aliphatic carbocycles. The number of para-hydroxylation sites is 1. The van der Waals surface area contributed by atoms with Gasteiger partial charge in [0.25, 0.3) is 0 Å². The van der Waals surface area contributed by atoms with Crippen LogP contribution in [0.1, 0.15) is 0 Å². The molecule has 2 aromatic rings. The largest absolute Gasteiger partial charge is 0.526 e. The first kappa shape index (κ1) is 8.20. The van der Waals surface area contributed by atoms with Crippen LogP contribution >= 0.6 is 0 Å². The van der Waals surface area contributed by atoms with Gasteiger partial charge in [0.2, 0.25) is 0 Å². The van der Waals surface area contributed by atoms with Crippen LogP contribution in [-0.4, -0.2) is 17.3 Å². The average Bonchev–Trinajstić information content (AvgIpc) is 2.46. The maximum Gasteiger partial charge on any atom is 0.505 e. The molecule has 1 heterocycles. The number of benzene rings is 1. The van der Waals surface area contributed by atoms with Crippen LogP contribution in [0.15, 0.2) is 30.3 Å². The predicted molar refractivity (Wildman–Crippen MR) is 52.9 cm³/mol. The first-order valence-electron chi connectivity index (χ1n) is 4.11. The Morgan fingerprint density at radius 2 is 2.15 bits per heavy atom. The van der Waals surface area contributed by atoms with E-state index in [0.717, 1.165) is 10.9 Å². The molecule has 1 aromatic carbocycles. The number of hydrogen-bond donors (Lipinski definition) is 1. The number of aromatic nitrogens is 1. The third-order valence-electron chi connectivity index (χ3n) is 2.12. The van der Waals surface area contributed by atoms with Crippen LogP contribution in [0.2, 0.25) is 0 Å². The highest BCUT2D eigenvalue weighted by Gasteiger charge is 2.04. The lowest BCUT2D eigenvalue weighted by Crippen LogP contribution is -2.03. The van der Waals surface area contributed by atoms with Crippen molar-refractivity contribution >= 4 is 18.6 Å². The zero-order valence-electron chi connectivity index (χ0n) is 7.40. The van der Waals surface area contributed by atoms with Crippen LogP contribution in [0.4, 0.5) is 0 Å². The molecular formula is C9H10BNO2. The molecule has 0 saturated heterocycles. The Labute approximate surface area is 76.9 Å². The van der Waals surface area contributed by atoms with Crippen molar-refractivity contribution < 1.29 is 9.68 Å². The fraction of sp³-hybridized carbons (Fsp3) is 0.111. The van der Waals surface area contributed by atoms with Gasteiger partial charge in [0, 0.05) is 18.5 Å². The van der Waals surface area contributed by atoms with Crippen LogP contribution < -0.4 is 4.65 Å². The molecule has 0 unspecified atom stereocenters. The van der Waals surface area contributed by atoms with E-state index in [2.05, 4.69) is 0 Å². The molecule has 0 radical (unpaired) electrons. The number of nitrogens with zero attached hydrogens (tertiary/aromatic N) is 1. The van der Waals surface area contributed by atoms with E-state index in [4.69, 9.17) is 9.68 Å². The minimum Gasteiger partial charge on any atom is -0.526 e. The van der Waals surface area contributed by atoms with Crippen LogP contribution in [-0.2, 0) is 7.05 Å². The summed E-state index contributed by atoms with van der Waals surface area (Å²) in [5, 5.41) is 9.75. The molecule has 0 fully saturated rings. The van der Waals surface area contributed by atoms with Crippen LogP contribution in [0.3, 0.4) is 0 Å². The van der Waals surface area contributed by atoms with Crippen molar-refractivity contribution in [2.24, 2.45) is 7.05 Å². The lowest BCUT2D eigenvalue weighted by atomic mass is 10.2. The van der Waals surface area contributed by atoms with Crippen molar-refractivity contribution in [3.8, 4) is 5.88 Å². The first-order chi connectivity index (χ1) is 6.33. The molecule has 66 valence electrons. The van der Waals surface area contributed by atoms with Crippen LogP contribution in [0, 0.1) is 0 Å². The smallest absolute Gasteiger partial charge is 0.505 e. The summed E-state index contributed by atoms with van der Waals surface area (Å²) in [7, 11) is 1.62. The summed E-state index contributed by atoms with van der Waals surface area (Å²) in [4.78, 5) is 0. The highest BCUT2D eigenvalue weighted by atomic mass is 16.5. The molecule has 4 heteroatoms. The summed E-state index contributed by atoms with van der Waals surface area (Å²) < 4.78 is 6.95. The Kier molecular flexibility index (Phi) is 1.98. The summed E-state index contributed by atoms with van der Waals surface area (Å²) in [6, 6.07) is 9.89. The zero-order valence-corrected chi connectivity index (χ0v) is 7.40. The summed E-state index contributed by atoms with van der Waals surface area (Å²) >= 11 is 0. The molecule has 0 amide bonds. The van der Waals surface area contributed by atoms with Gasteiger partial charge in [0.05, 0.1) is 5.52 Å². The van der Waals surface area contributed by atoms with E-state index in [1.54, 1.807) is 0 Å². The van der Waals surface area contributed by atoms with Gasteiger partial charge in [-0.05, 0) is 6.07 Å². The standard InChI is InChI=1S/C9H10BNO2/c1-11-8-5-3-2-4-7(8)6-9(11)13-10-12/h2-6,10,12H,1H3. The minimum atomic E-state index is -0.288. The molecule has 3 nitrogen and oxygen atoms in total. The SMILES string of the molecule is Cn1c(OBO)cc2ccccc21. The Morgan fingerprint density at radius 3 is 2.85 bits per heavy atom. The Hall–Kier alpha value is -1.42. The van der Waals surface area contributed by atoms with Crippen molar-refractivity contribution in [3.63, 3.8) is 0 Å². The molecule has 0 atom stereocenters. The zero-order chi connectivity index (χ0) is 9.26. The quantitative estimate of drug-likeness (QED) is 0.685. The highest BCUT2D eigenvalue weighted by molar-refractivity contribution is 6.17. The Balaban J connectivity index is 2.60. The van der Waals surface area contributed by atoms with E-state index < -0.39 is 0 Å². The lowest BCUT2D eigenvalue weighted by molar-refractivity contribution is 0.433. The monoisotopic (exact) mass is 175 g/mol. The molecule has 0 spiro atoms. The summed E-state index contributed by atoms with van der Waals surface area (Å²) in [5.41, 5.74) is 1.10. The first-order valence-corrected chi connectivity index (χ1v) is 4.11. The maximum absolute atomic E-state index is 8.63. The second-order valence-corrected chi connectivity index (χ2v) is 2.87. The molecule has 0 aliphatic heterocycles. The van der Waals surface area contributed by atoms with E-state index in [1.807, 2.05) is 41.9 Å². The molecule has 0 saturated carbocycles. The molecule has 13 heavy (non-hydrogen) atoms. The van der Waals surface area contributed by atoms with Crippen molar-refractivity contribution in [1.82, 2.24) is 4.57 Å². The summed E-state index contributed by atoms with van der Waals surface area (Å²) in [5.74, 6) is 0.684. The van der Waals surface area contributed by atoms with Gasteiger partial charge in [-0.3, -0.25) is 0 Å². The molecular weight excluding hydrogens is 165 g/mol. The second kappa shape index (κ2) is 3.14. The molecule has 1 N–H and O–H groups in total. The van der Waals surface area contributed by atoms with Gasteiger partial charge in [0.15, 0.2) is 5.88 Å². The number of rotatable bonds is 2. The number of aryl methyl sites for hydroxylation is 1. The maximum atomic E-state index is 8.63. The van der Waals surface area contributed by atoms with Gasteiger partial charge < -0.3 is 14.2 Å². The molecule has 2 rings (SSSR count). The van der Waals surface area contributed by atoms with Crippen LogP contribution in [0.5, 0.6) is 5.88 Å². The van der Waals surface area contributed by atoms with Crippen molar-refractivity contribution in [2.75, 3.05) is 0 Å². The van der Waals surface area contributed by atoms with Gasteiger partial charge in [-0.15, -0.1) is 0 Å². The van der Waals surface area contributed by atoms with E-state index in [0.29, 0.717) is 5.88 Å². The van der Waals surface area contributed by atoms with Gasteiger partial charge in [0.1, 0.15) is 0 Å². The lowest BCUT2D eigenvalue weighted by Gasteiger charge is -2.02. The normalized spacial score (nSPS) is 10.3. The van der Waals surface area contributed by atoms with Crippen molar-refractivity contribution in [2.45, 2.75) is 0 Å². The Bertz CT molecular complexity index is 424. The van der Waals surface area contributed by atoms with Gasteiger partial charge in [-0.25, -0.2) is 0 Å². The fourth-order valence-electron chi connectivity index (χ4n) is 1.47. The molecule has 1 aromatic heterocycles. The highest BCUT2D eigenvalue weighted by Crippen LogP contribution is 2.23. The number of hydrogen-bond acceptors (Lipinski definition) is 2. The summed E-state index contributed by atoms with van der Waals surface area (Å²) in [6.45, 7) is 0. The second-order valence-electron chi connectivity index (χ2n) is 2.87. The summed E-state index contributed by atoms with van der Waals surface area (Å²) in [6.07, 6.45) is 0. The van der Waals surface area contributed by atoms with E-state index in [1.165, 1.54) is 0 Å². The van der Waals surface area contributed by atoms with Crippen LogP contribution in [0.25, 0.3) is 10.9 Å². The van der Waals surface area contributed by atoms with Crippen molar-refractivity contribution in [1.29, 1.82) is 0 Å². The van der Waals surface area contributed by atoms with Gasteiger partial charge in [-0.2, -0.15) is 0 Å². The molecule has 0 aliphatic rings. The Morgan fingerprint density at radius 1 is 1.38 bits per heavy atom. The van der Waals surface area contributed by atoms with E-state index in [9.17, 15) is 0 Å². The third-order valence-corrected chi connectivity index (χ3v) is 2.12. The average molecular weight is 175 g/mol. The van der Waals surface area contributed by atoms with Gasteiger partial charge >= 0.3 is 7.69 Å². The van der Waals surface area contributed by atoms with Gasteiger partial charge in [-0.1, -0.05) is 18.2 Å². The molecule has 0 bridgehead atoms. The van der Waals surface area contributed by atoms with E-state index in [-0.39, 0.29) is 7.69 Å². The van der Waals surface area contributed by atoms with E-state index >= 15 is 0 Å². The third kappa shape index (κ3) is 1.29. The topological polar surface area (TPSA) is 34.4 Å². The van der Waals surface area contributed by atoms with Crippen molar-refractivity contribution in [3.05, 3.63) is 30.3 Å². The fourth-order valence-corrected chi connectivity index (χ4v) is 1.47. The predicted octanol–water partition coefficient (Wildman–Crippen LogP) is 0.816. The minimum absolute atomic E-state index is 0.288.